The Kier molecular flexibility index (Phi) is 3.32. The Morgan fingerprint density at radius 3 is 2.80 bits per heavy atom. The molecule has 0 radical (unpaired) electrons. The van der Waals surface area contributed by atoms with Gasteiger partial charge in [-0.05, 0) is 43.7 Å². The van der Waals surface area contributed by atoms with Crippen LogP contribution in [0.1, 0.15) is 18.4 Å². The van der Waals surface area contributed by atoms with E-state index in [-0.39, 0.29) is 0 Å². The molecule has 0 amide bonds. The fourth-order valence-corrected chi connectivity index (χ4v) is 2.30. The fraction of sp³-hybridized carbons (Fsp3) is 0.500. The van der Waals surface area contributed by atoms with E-state index in [1.165, 1.54) is 24.1 Å². The van der Waals surface area contributed by atoms with Crippen molar-refractivity contribution in [1.29, 1.82) is 0 Å². The molecule has 0 aliphatic heterocycles. The second kappa shape index (κ2) is 4.54. The van der Waals surface area contributed by atoms with Crippen LogP contribution >= 0.6 is 15.9 Å². The van der Waals surface area contributed by atoms with E-state index in [0.717, 1.165) is 17.1 Å². The quantitative estimate of drug-likeness (QED) is 0.904. The van der Waals surface area contributed by atoms with E-state index in [0.29, 0.717) is 0 Å². The number of benzene rings is 1. The molecule has 1 aromatic rings. The first-order chi connectivity index (χ1) is 7.22. The summed E-state index contributed by atoms with van der Waals surface area (Å²) in [5.74, 6) is 0. The third kappa shape index (κ3) is 2.52. The summed E-state index contributed by atoms with van der Waals surface area (Å²) >= 11 is 3.52. The van der Waals surface area contributed by atoms with E-state index in [9.17, 15) is 0 Å². The van der Waals surface area contributed by atoms with Crippen LogP contribution in [0.4, 0.5) is 5.69 Å². The Balaban J connectivity index is 2.27. The first-order valence-corrected chi connectivity index (χ1v) is 6.17. The van der Waals surface area contributed by atoms with Gasteiger partial charge in [-0.2, -0.15) is 0 Å². The number of hydrogen-bond acceptors (Lipinski definition) is 2. The molecule has 1 N–H and O–H groups in total. The fourth-order valence-electron chi connectivity index (χ4n) is 1.89. The van der Waals surface area contributed by atoms with Gasteiger partial charge in [0.25, 0.3) is 0 Å². The van der Waals surface area contributed by atoms with E-state index in [1.807, 2.05) is 7.05 Å². The Morgan fingerprint density at radius 2 is 2.20 bits per heavy atom. The molecule has 0 bridgehead atoms. The molecule has 0 saturated heterocycles. The molecule has 0 unspecified atom stereocenters. The van der Waals surface area contributed by atoms with Crippen LogP contribution in [0, 0.1) is 0 Å². The molecule has 1 aliphatic rings. The molecular weight excluding hydrogens is 252 g/mol. The minimum atomic E-state index is 0.766. The molecular formula is C12H17BrN2. The summed E-state index contributed by atoms with van der Waals surface area (Å²) in [5.41, 5.74) is 2.72. The van der Waals surface area contributed by atoms with Crippen LogP contribution in [0.5, 0.6) is 0 Å². The second-order valence-electron chi connectivity index (χ2n) is 4.15. The van der Waals surface area contributed by atoms with Crippen molar-refractivity contribution in [3.8, 4) is 0 Å². The van der Waals surface area contributed by atoms with Gasteiger partial charge in [-0.3, -0.25) is 0 Å². The normalized spacial score (nSPS) is 15.4. The highest BCUT2D eigenvalue weighted by Crippen LogP contribution is 2.33. The van der Waals surface area contributed by atoms with Gasteiger partial charge < -0.3 is 10.2 Å². The number of nitrogens with zero attached hydrogens (tertiary/aromatic N) is 1. The highest BCUT2D eigenvalue weighted by Gasteiger charge is 2.27. The molecule has 1 saturated carbocycles. The van der Waals surface area contributed by atoms with Crippen molar-refractivity contribution in [2.24, 2.45) is 0 Å². The van der Waals surface area contributed by atoms with Crippen LogP contribution in [-0.2, 0) is 6.54 Å². The predicted molar refractivity (Wildman–Crippen MR) is 68.3 cm³/mol. The summed E-state index contributed by atoms with van der Waals surface area (Å²) in [5, 5.41) is 3.22. The topological polar surface area (TPSA) is 15.3 Å². The Hall–Kier alpha value is -0.540. The number of anilines is 1. The van der Waals surface area contributed by atoms with E-state index >= 15 is 0 Å². The maximum absolute atomic E-state index is 3.52. The standard InChI is InChI=1S/C12H17BrN2/c1-14-8-9-7-10(13)3-6-12(9)15(2)11-4-5-11/h3,6-7,11,14H,4-5,8H2,1-2H3. The predicted octanol–water partition coefficient (Wildman–Crippen LogP) is 2.77. The lowest BCUT2D eigenvalue weighted by Crippen LogP contribution is -2.22. The largest absolute Gasteiger partial charge is 0.371 e. The van der Waals surface area contributed by atoms with Gasteiger partial charge in [0.05, 0.1) is 0 Å². The number of nitrogens with one attached hydrogen (secondary N) is 1. The summed E-state index contributed by atoms with van der Waals surface area (Å²) in [7, 11) is 4.18. The zero-order valence-corrected chi connectivity index (χ0v) is 10.8. The van der Waals surface area contributed by atoms with Gasteiger partial charge in [0.15, 0.2) is 0 Å². The lowest BCUT2D eigenvalue weighted by Gasteiger charge is -2.22. The molecule has 0 heterocycles. The molecule has 1 aliphatic carbocycles. The molecule has 3 heteroatoms. The van der Waals surface area contributed by atoms with Gasteiger partial charge in [-0.15, -0.1) is 0 Å². The number of hydrogen-bond donors (Lipinski definition) is 1. The van der Waals surface area contributed by atoms with Gasteiger partial charge in [0.2, 0.25) is 0 Å². The highest BCUT2D eigenvalue weighted by atomic mass is 79.9. The lowest BCUT2D eigenvalue weighted by atomic mass is 10.1. The van der Waals surface area contributed by atoms with Crippen LogP contribution in [-0.4, -0.2) is 20.1 Å². The first-order valence-electron chi connectivity index (χ1n) is 5.38. The Labute approximate surface area is 99.8 Å². The molecule has 1 fully saturated rings. The van der Waals surface area contributed by atoms with Crippen LogP contribution in [0.2, 0.25) is 0 Å². The summed E-state index contributed by atoms with van der Waals surface area (Å²) in [6.45, 7) is 0.922. The molecule has 2 nitrogen and oxygen atoms in total. The zero-order valence-electron chi connectivity index (χ0n) is 9.26. The van der Waals surface area contributed by atoms with E-state index in [1.54, 1.807) is 0 Å². The minimum absolute atomic E-state index is 0.766. The van der Waals surface area contributed by atoms with Crippen LogP contribution < -0.4 is 10.2 Å². The molecule has 15 heavy (non-hydrogen) atoms. The number of rotatable bonds is 4. The molecule has 2 rings (SSSR count). The Morgan fingerprint density at radius 1 is 1.47 bits per heavy atom. The van der Waals surface area contributed by atoms with Crippen molar-refractivity contribution < 1.29 is 0 Å². The average Bonchev–Trinajstić information content (AvgIpc) is 3.01. The Bertz CT molecular complexity index is 347. The van der Waals surface area contributed by atoms with Crippen LogP contribution in [0.25, 0.3) is 0 Å². The van der Waals surface area contributed by atoms with Gasteiger partial charge in [-0.1, -0.05) is 15.9 Å². The van der Waals surface area contributed by atoms with Crippen molar-refractivity contribution >= 4 is 21.6 Å². The van der Waals surface area contributed by atoms with Gasteiger partial charge >= 0.3 is 0 Å². The summed E-state index contributed by atoms with van der Waals surface area (Å²) in [6.07, 6.45) is 2.68. The van der Waals surface area contributed by atoms with Crippen LogP contribution in [0.3, 0.4) is 0 Å². The van der Waals surface area contributed by atoms with E-state index < -0.39 is 0 Å². The summed E-state index contributed by atoms with van der Waals surface area (Å²) in [4.78, 5) is 2.40. The third-order valence-electron chi connectivity index (χ3n) is 2.88. The van der Waals surface area contributed by atoms with Gasteiger partial charge in [0.1, 0.15) is 0 Å². The smallest absolute Gasteiger partial charge is 0.0412 e. The lowest BCUT2D eigenvalue weighted by molar-refractivity contribution is 0.804. The van der Waals surface area contributed by atoms with Gasteiger partial charge in [-0.25, -0.2) is 0 Å². The molecule has 0 spiro atoms. The third-order valence-corrected chi connectivity index (χ3v) is 3.38. The van der Waals surface area contributed by atoms with Crippen molar-refractivity contribution in [2.45, 2.75) is 25.4 Å². The van der Waals surface area contributed by atoms with Crippen molar-refractivity contribution in [3.05, 3.63) is 28.2 Å². The highest BCUT2D eigenvalue weighted by molar-refractivity contribution is 9.10. The van der Waals surface area contributed by atoms with E-state index in [4.69, 9.17) is 0 Å². The molecule has 1 aromatic carbocycles. The maximum Gasteiger partial charge on any atom is 0.0412 e. The molecule has 0 atom stereocenters. The number of halogens is 1. The summed E-state index contributed by atoms with van der Waals surface area (Å²) < 4.78 is 1.15. The average molecular weight is 269 g/mol. The maximum atomic E-state index is 3.52. The van der Waals surface area contributed by atoms with E-state index in [2.05, 4.69) is 51.4 Å². The minimum Gasteiger partial charge on any atom is -0.371 e. The summed E-state index contributed by atoms with van der Waals surface area (Å²) in [6, 6.07) is 7.29. The molecule has 0 aromatic heterocycles. The monoisotopic (exact) mass is 268 g/mol. The first kappa shape index (κ1) is 11.0. The second-order valence-corrected chi connectivity index (χ2v) is 5.06. The zero-order chi connectivity index (χ0) is 10.8. The molecule has 82 valence electrons. The van der Waals surface area contributed by atoms with Crippen molar-refractivity contribution in [3.63, 3.8) is 0 Å². The van der Waals surface area contributed by atoms with Crippen LogP contribution in [0.15, 0.2) is 22.7 Å². The van der Waals surface area contributed by atoms with Crippen molar-refractivity contribution in [1.82, 2.24) is 5.32 Å². The SMILES string of the molecule is CNCc1cc(Br)ccc1N(C)C1CC1. The van der Waals surface area contributed by atoms with Crippen molar-refractivity contribution in [2.75, 3.05) is 19.0 Å². The van der Waals surface area contributed by atoms with Gasteiger partial charge in [0, 0.05) is 29.8 Å².